The minimum atomic E-state index is 0.0922. The Labute approximate surface area is 119 Å². The number of pyridine rings is 1. The van der Waals surface area contributed by atoms with Crippen LogP contribution in [0.25, 0.3) is 0 Å². The zero-order chi connectivity index (χ0) is 13.8. The lowest BCUT2D eigenvalue weighted by atomic mass is 10.1. The van der Waals surface area contributed by atoms with Crippen molar-refractivity contribution in [2.75, 3.05) is 0 Å². The minimum absolute atomic E-state index is 0.0922. The van der Waals surface area contributed by atoms with E-state index in [2.05, 4.69) is 49.2 Å². The summed E-state index contributed by atoms with van der Waals surface area (Å²) < 4.78 is 0. The summed E-state index contributed by atoms with van der Waals surface area (Å²) >= 11 is 1.70. The number of benzene rings is 1. The fourth-order valence-corrected chi connectivity index (χ4v) is 3.21. The quantitative estimate of drug-likeness (QED) is 0.904. The number of nitrogens with two attached hydrogens (primary N) is 1. The third-order valence-electron chi connectivity index (χ3n) is 3.05. The van der Waals surface area contributed by atoms with E-state index < -0.39 is 0 Å². The van der Waals surface area contributed by atoms with Crippen molar-refractivity contribution in [2.24, 2.45) is 5.73 Å². The molecule has 0 bridgehead atoms. The van der Waals surface area contributed by atoms with E-state index in [0.717, 1.165) is 17.1 Å². The van der Waals surface area contributed by atoms with E-state index in [-0.39, 0.29) is 6.04 Å². The molecule has 0 aliphatic rings. The molecule has 1 atom stereocenters. The van der Waals surface area contributed by atoms with Gasteiger partial charge in [-0.1, -0.05) is 36.9 Å². The Kier molecular flexibility index (Phi) is 4.61. The third-order valence-corrected chi connectivity index (χ3v) is 4.06. The van der Waals surface area contributed by atoms with Crippen LogP contribution in [0.15, 0.2) is 46.3 Å². The van der Waals surface area contributed by atoms with Gasteiger partial charge in [0.05, 0.1) is 0 Å². The SMILES string of the molecule is CC[C@H](N)c1ccccc1Sc1cc(C)cc(C)n1. The molecule has 2 N–H and O–H groups in total. The predicted molar refractivity (Wildman–Crippen MR) is 81.5 cm³/mol. The standard InChI is InChI=1S/C16H20N2S/c1-4-14(17)13-7-5-6-8-15(13)19-16-10-11(2)9-12(3)18-16/h5-10,14H,4,17H2,1-3H3/t14-/m0/s1. The van der Waals surface area contributed by atoms with Crippen LogP contribution in [-0.2, 0) is 0 Å². The van der Waals surface area contributed by atoms with Gasteiger partial charge in [0, 0.05) is 16.6 Å². The highest BCUT2D eigenvalue weighted by atomic mass is 32.2. The first-order valence-corrected chi connectivity index (χ1v) is 7.39. The smallest absolute Gasteiger partial charge is 0.101 e. The highest BCUT2D eigenvalue weighted by Crippen LogP contribution is 2.32. The minimum Gasteiger partial charge on any atom is -0.324 e. The van der Waals surface area contributed by atoms with Crippen molar-refractivity contribution in [1.29, 1.82) is 0 Å². The Hall–Kier alpha value is -1.32. The summed E-state index contributed by atoms with van der Waals surface area (Å²) in [5.41, 5.74) is 9.68. The molecule has 0 radical (unpaired) electrons. The molecule has 1 aromatic carbocycles. The summed E-state index contributed by atoms with van der Waals surface area (Å²) in [6.45, 7) is 6.24. The molecule has 1 aromatic heterocycles. The lowest BCUT2D eigenvalue weighted by molar-refractivity contribution is 0.685. The summed E-state index contributed by atoms with van der Waals surface area (Å²) in [5, 5.41) is 1.04. The molecule has 0 aliphatic heterocycles. The van der Waals surface area contributed by atoms with Gasteiger partial charge in [0.15, 0.2) is 0 Å². The molecule has 2 aromatic rings. The van der Waals surface area contributed by atoms with Crippen LogP contribution in [0, 0.1) is 13.8 Å². The molecule has 0 saturated heterocycles. The van der Waals surface area contributed by atoms with Crippen LogP contribution < -0.4 is 5.73 Å². The molecule has 19 heavy (non-hydrogen) atoms. The zero-order valence-electron chi connectivity index (χ0n) is 11.7. The predicted octanol–water partition coefficient (Wildman–Crippen LogP) is 4.26. The lowest BCUT2D eigenvalue weighted by Crippen LogP contribution is -2.09. The van der Waals surface area contributed by atoms with E-state index in [1.807, 2.05) is 13.0 Å². The Morgan fingerprint density at radius 1 is 1.21 bits per heavy atom. The average Bonchev–Trinajstić information content (AvgIpc) is 2.37. The van der Waals surface area contributed by atoms with Gasteiger partial charge in [-0.25, -0.2) is 4.98 Å². The highest BCUT2D eigenvalue weighted by Gasteiger charge is 2.10. The summed E-state index contributed by atoms with van der Waals surface area (Å²) in [6, 6.07) is 12.6. The summed E-state index contributed by atoms with van der Waals surface area (Å²) in [5.74, 6) is 0. The average molecular weight is 272 g/mol. The van der Waals surface area contributed by atoms with Gasteiger partial charge in [-0.3, -0.25) is 0 Å². The Morgan fingerprint density at radius 3 is 2.63 bits per heavy atom. The van der Waals surface area contributed by atoms with Gasteiger partial charge in [-0.15, -0.1) is 0 Å². The third kappa shape index (κ3) is 3.58. The van der Waals surface area contributed by atoms with Gasteiger partial charge in [0.2, 0.25) is 0 Å². The lowest BCUT2D eigenvalue weighted by Gasteiger charge is -2.14. The van der Waals surface area contributed by atoms with Crippen molar-refractivity contribution < 1.29 is 0 Å². The van der Waals surface area contributed by atoms with Gasteiger partial charge < -0.3 is 5.73 Å². The summed E-state index contributed by atoms with van der Waals surface area (Å²) in [6.07, 6.45) is 0.942. The molecule has 1 heterocycles. The maximum atomic E-state index is 6.17. The van der Waals surface area contributed by atoms with Crippen LogP contribution in [0.1, 0.15) is 36.2 Å². The van der Waals surface area contributed by atoms with Crippen molar-refractivity contribution in [3.05, 3.63) is 53.2 Å². The van der Waals surface area contributed by atoms with Gasteiger partial charge in [0.25, 0.3) is 0 Å². The number of rotatable bonds is 4. The molecule has 2 rings (SSSR count). The summed E-state index contributed by atoms with van der Waals surface area (Å²) in [7, 11) is 0. The first kappa shape index (κ1) is 14.1. The summed E-state index contributed by atoms with van der Waals surface area (Å²) in [4.78, 5) is 5.78. The number of nitrogens with zero attached hydrogens (tertiary/aromatic N) is 1. The van der Waals surface area contributed by atoms with Gasteiger partial charge in [0.1, 0.15) is 5.03 Å². The number of hydrogen-bond donors (Lipinski definition) is 1. The van der Waals surface area contributed by atoms with Crippen molar-refractivity contribution in [2.45, 2.75) is 43.2 Å². The van der Waals surface area contributed by atoms with Crippen LogP contribution in [0.3, 0.4) is 0 Å². The van der Waals surface area contributed by atoms with E-state index in [9.17, 15) is 0 Å². The van der Waals surface area contributed by atoms with Crippen LogP contribution in [0.4, 0.5) is 0 Å². The van der Waals surface area contributed by atoms with Crippen molar-refractivity contribution in [3.63, 3.8) is 0 Å². The maximum absolute atomic E-state index is 6.17. The van der Waals surface area contributed by atoms with Gasteiger partial charge in [-0.2, -0.15) is 0 Å². The Balaban J connectivity index is 2.32. The largest absolute Gasteiger partial charge is 0.324 e. The number of hydrogen-bond acceptors (Lipinski definition) is 3. The second-order valence-corrected chi connectivity index (χ2v) is 5.84. The van der Waals surface area contributed by atoms with Crippen molar-refractivity contribution >= 4 is 11.8 Å². The van der Waals surface area contributed by atoms with E-state index in [4.69, 9.17) is 5.73 Å². The zero-order valence-corrected chi connectivity index (χ0v) is 12.5. The van der Waals surface area contributed by atoms with Crippen LogP contribution >= 0.6 is 11.8 Å². The molecule has 100 valence electrons. The highest BCUT2D eigenvalue weighted by molar-refractivity contribution is 7.99. The first-order chi connectivity index (χ1) is 9.10. The van der Waals surface area contributed by atoms with E-state index >= 15 is 0 Å². The Bertz CT molecular complexity index is 546. The van der Waals surface area contributed by atoms with Gasteiger partial charge in [-0.05, 0) is 49.6 Å². The molecule has 0 aliphatic carbocycles. The van der Waals surface area contributed by atoms with Crippen molar-refractivity contribution in [1.82, 2.24) is 4.98 Å². The number of aryl methyl sites for hydroxylation is 2. The van der Waals surface area contributed by atoms with Gasteiger partial charge >= 0.3 is 0 Å². The molecular formula is C16H20N2S. The van der Waals surface area contributed by atoms with E-state index in [1.165, 1.54) is 16.0 Å². The van der Waals surface area contributed by atoms with Crippen LogP contribution in [0.5, 0.6) is 0 Å². The van der Waals surface area contributed by atoms with Crippen LogP contribution in [0.2, 0.25) is 0 Å². The molecule has 0 spiro atoms. The number of aromatic nitrogens is 1. The molecule has 3 heteroatoms. The van der Waals surface area contributed by atoms with Crippen molar-refractivity contribution in [3.8, 4) is 0 Å². The normalized spacial score (nSPS) is 12.4. The molecule has 0 unspecified atom stereocenters. The fraction of sp³-hybridized carbons (Fsp3) is 0.312. The molecule has 2 nitrogen and oxygen atoms in total. The van der Waals surface area contributed by atoms with E-state index in [1.54, 1.807) is 11.8 Å². The van der Waals surface area contributed by atoms with E-state index in [0.29, 0.717) is 0 Å². The second kappa shape index (κ2) is 6.22. The first-order valence-electron chi connectivity index (χ1n) is 6.57. The second-order valence-electron chi connectivity index (χ2n) is 4.78. The molecule has 0 fully saturated rings. The topological polar surface area (TPSA) is 38.9 Å². The maximum Gasteiger partial charge on any atom is 0.101 e. The molecule has 0 amide bonds. The monoisotopic (exact) mass is 272 g/mol. The molecule has 0 saturated carbocycles. The fourth-order valence-electron chi connectivity index (χ4n) is 2.07. The Morgan fingerprint density at radius 2 is 1.95 bits per heavy atom. The van der Waals surface area contributed by atoms with Crippen LogP contribution in [-0.4, -0.2) is 4.98 Å². The molecular weight excluding hydrogens is 252 g/mol.